The first kappa shape index (κ1) is 20.9. The first-order valence-corrected chi connectivity index (χ1v) is 10.2. The number of morpholine rings is 1. The first-order chi connectivity index (χ1) is 14.0. The molecule has 2 amide bonds. The predicted molar refractivity (Wildman–Crippen MR) is 110 cm³/mol. The second-order valence-electron chi connectivity index (χ2n) is 6.60. The molecular weight excluding hydrogens is 392 g/mol. The molecule has 0 saturated carbocycles. The Morgan fingerprint density at radius 1 is 1.28 bits per heavy atom. The van der Waals surface area contributed by atoms with Gasteiger partial charge in [0.25, 0.3) is 5.91 Å². The number of aromatic nitrogens is 1. The van der Waals surface area contributed by atoms with E-state index in [-0.39, 0.29) is 24.8 Å². The van der Waals surface area contributed by atoms with Gasteiger partial charge in [0.1, 0.15) is 10.8 Å². The van der Waals surface area contributed by atoms with E-state index >= 15 is 0 Å². The molecule has 9 heteroatoms. The van der Waals surface area contributed by atoms with Gasteiger partial charge < -0.3 is 14.4 Å². The van der Waals surface area contributed by atoms with Crippen molar-refractivity contribution in [2.75, 3.05) is 32.9 Å². The van der Waals surface area contributed by atoms with E-state index in [1.807, 2.05) is 31.4 Å². The van der Waals surface area contributed by atoms with Gasteiger partial charge in [-0.25, -0.2) is 10.4 Å². The number of aryl methyl sites for hydroxylation is 1. The molecule has 0 spiro atoms. The molecular formula is C20H24N4O4S. The van der Waals surface area contributed by atoms with Crippen LogP contribution in [0.4, 0.5) is 0 Å². The van der Waals surface area contributed by atoms with Crippen LogP contribution in [-0.4, -0.2) is 60.3 Å². The van der Waals surface area contributed by atoms with E-state index in [0.29, 0.717) is 37.8 Å². The number of benzene rings is 1. The summed E-state index contributed by atoms with van der Waals surface area (Å²) < 4.78 is 10.8. The number of hydrogen-bond acceptors (Lipinski definition) is 7. The highest BCUT2D eigenvalue weighted by Crippen LogP contribution is 2.13. The monoisotopic (exact) mass is 416 g/mol. The molecule has 1 aliphatic heterocycles. The smallest absolute Gasteiger partial charge is 0.260 e. The molecule has 1 fully saturated rings. The van der Waals surface area contributed by atoms with E-state index in [9.17, 15) is 9.59 Å². The van der Waals surface area contributed by atoms with Crippen LogP contribution in [-0.2, 0) is 20.7 Å². The zero-order valence-corrected chi connectivity index (χ0v) is 17.3. The van der Waals surface area contributed by atoms with E-state index in [0.717, 1.165) is 16.3 Å². The molecule has 0 unspecified atom stereocenters. The minimum atomic E-state index is -0.208. The van der Waals surface area contributed by atoms with E-state index in [1.54, 1.807) is 17.0 Å². The Balaban J connectivity index is 1.47. The second-order valence-corrected chi connectivity index (χ2v) is 7.54. The van der Waals surface area contributed by atoms with Crippen LogP contribution in [0.3, 0.4) is 0 Å². The Bertz CT molecular complexity index is 873. The number of thiazole rings is 1. The molecule has 2 heterocycles. The molecule has 0 radical (unpaired) electrons. The third-order valence-electron chi connectivity index (χ3n) is 4.32. The van der Waals surface area contributed by atoms with Gasteiger partial charge >= 0.3 is 0 Å². The van der Waals surface area contributed by atoms with Crippen molar-refractivity contribution in [1.82, 2.24) is 15.3 Å². The number of rotatable bonds is 7. The fourth-order valence-electron chi connectivity index (χ4n) is 2.71. The fraction of sp³-hybridized carbons (Fsp3) is 0.400. The van der Waals surface area contributed by atoms with Crippen LogP contribution in [0.2, 0.25) is 0 Å². The molecule has 0 atom stereocenters. The minimum absolute atomic E-state index is 0.00128. The average Bonchev–Trinajstić information content (AvgIpc) is 3.15. The molecule has 8 nitrogen and oxygen atoms in total. The topological polar surface area (TPSA) is 93.1 Å². The summed E-state index contributed by atoms with van der Waals surface area (Å²) in [7, 11) is 0. The Labute approximate surface area is 173 Å². The minimum Gasteiger partial charge on any atom is -0.484 e. The molecule has 1 saturated heterocycles. The Morgan fingerprint density at radius 3 is 2.66 bits per heavy atom. The van der Waals surface area contributed by atoms with Crippen molar-refractivity contribution in [3.63, 3.8) is 0 Å². The van der Waals surface area contributed by atoms with Crippen molar-refractivity contribution in [2.24, 2.45) is 5.10 Å². The maximum atomic E-state index is 12.1. The van der Waals surface area contributed by atoms with E-state index < -0.39 is 0 Å². The van der Waals surface area contributed by atoms with Crippen LogP contribution in [0.1, 0.15) is 23.2 Å². The Kier molecular flexibility index (Phi) is 7.31. The largest absolute Gasteiger partial charge is 0.484 e. The van der Waals surface area contributed by atoms with Gasteiger partial charge in [-0.05, 0) is 43.7 Å². The number of hydrogen-bond donors (Lipinski definition) is 1. The molecule has 2 aromatic rings. The molecule has 29 heavy (non-hydrogen) atoms. The molecule has 0 aliphatic carbocycles. The quantitative estimate of drug-likeness (QED) is 0.549. The van der Waals surface area contributed by atoms with Crippen LogP contribution < -0.4 is 10.2 Å². The fourth-order valence-corrected chi connectivity index (χ4v) is 3.48. The summed E-state index contributed by atoms with van der Waals surface area (Å²) in [5.41, 5.74) is 4.98. The molecule has 3 rings (SSSR count). The second kappa shape index (κ2) is 10.1. The van der Waals surface area contributed by atoms with Gasteiger partial charge in [-0.15, -0.1) is 11.3 Å². The Morgan fingerprint density at radius 2 is 2.00 bits per heavy atom. The normalized spacial score (nSPS) is 14.6. The summed E-state index contributed by atoms with van der Waals surface area (Å²) in [4.78, 5) is 30.1. The van der Waals surface area contributed by atoms with Crippen LogP contribution in [0.5, 0.6) is 5.75 Å². The molecule has 1 aliphatic rings. The van der Waals surface area contributed by atoms with Crippen LogP contribution in [0.15, 0.2) is 34.7 Å². The number of carbonyl (C=O) groups excluding carboxylic acids is 2. The lowest BCUT2D eigenvalue weighted by molar-refractivity contribution is -0.137. The summed E-state index contributed by atoms with van der Waals surface area (Å²) >= 11 is 1.46. The molecule has 154 valence electrons. The Hall–Kier alpha value is -2.78. The molecule has 1 aromatic heterocycles. The zero-order chi connectivity index (χ0) is 20.6. The highest BCUT2D eigenvalue weighted by molar-refractivity contribution is 7.09. The van der Waals surface area contributed by atoms with Crippen LogP contribution in [0.25, 0.3) is 0 Å². The van der Waals surface area contributed by atoms with Gasteiger partial charge in [-0.2, -0.15) is 5.10 Å². The standard InChI is InChI=1S/C20H24N4O4S/c1-14-13-29-19(21-14)11-18(25)23-22-15(2)16-3-5-17(6-4-16)28-12-20(26)24-7-9-27-10-8-24/h3-6,13H,7-12H2,1-2H3,(H,23,25)/b22-15-. The summed E-state index contributed by atoms with van der Waals surface area (Å²) in [5, 5.41) is 6.82. The predicted octanol–water partition coefficient (Wildman–Crippen LogP) is 1.77. The maximum absolute atomic E-state index is 12.1. The summed E-state index contributed by atoms with van der Waals surface area (Å²) in [5.74, 6) is 0.347. The van der Waals surface area contributed by atoms with Gasteiger partial charge in [-0.3, -0.25) is 9.59 Å². The number of ether oxygens (including phenoxy) is 2. The van der Waals surface area contributed by atoms with E-state index in [4.69, 9.17) is 9.47 Å². The zero-order valence-electron chi connectivity index (χ0n) is 16.5. The number of hydrazone groups is 1. The van der Waals surface area contributed by atoms with Gasteiger partial charge in [0, 0.05) is 24.2 Å². The van der Waals surface area contributed by atoms with Crippen molar-refractivity contribution in [3.05, 3.63) is 45.9 Å². The highest BCUT2D eigenvalue weighted by Gasteiger charge is 2.17. The lowest BCUT2D eigenvalue weighted by Crippen LogP contribution is -2.42. The summed E-state index contributed by atoms with van der Waals surface area (Å²) in [6, 6.07) is 7.23. The number of nitrogens with zero attached hydrogens (tertiary/aromatic N) is 3. The van der Waals surface area contributed by atoms with Gasteiger partial charge in [0.2, 0.25) is 5.91 Å². The number of carbonyl (C=O) groups is 2. The lowest BCUT2D eigenvalue weighted by Gasteiger charge is -2.26. The van der Waals surface area contributed by atoms with Crippen molar-refractivity contribution >= 4 is 28.9 Å². The van der Waals surface area contributed by atoms with Crippen LogP contribution >= 0.6 is 11.3 Å². The molecule has 1 N–H and O–H groups in total. The molecule has 0 bridgehead atoms. The van der Waals surface area contributed by atoms with Gasteiger partial charge in [-0.1, -0.05) is 0 Å². The summed E-state index contributed by atoms with van der Waals surface area (Å²) in [6.07, 6.45) is 0.208. The van der Waals surface area contributed by atoms with Crippen molar-refractivity contribution in [1.29, 1.82) is 0 Å². The van der Waals surface area contributed by atoms with Gasteiger partial charge in [0.15, 0.2) is 6.61 Å². The van der Waals surface area contributed by atoms with Crippen molar-refractivity contribution in [2.45, 2.75) is 20.3 Å². The van der Waals surface area contributed by atoms with E-state index in [1.165, 1.54) is 11.3 Å². The number of amides is 2. The average molecular weight is 417 g/mol. The highest BCUT2D eigenvalue weighted by atomic mass is 32.1. The SMILES string of the molecule is C/C(=N/NC(=O)Cc1nc(C)cs1)c1ccc(OCC(=O)N2CCOCC2)cc1. The third-order valence-corrected chi connectivity index (χ3v) is 5.29. The van der Waals surface area contributed by atoms with Crippen molar-refractivity contribution < 1.29 is 19.1 Å². The molecule has 1 aromatic carbocycles. The maximum Gasteiger partial charge on any atom is 0.260 e. The summed E-state index contributed by atoms with van der Waals surface area (Å²) in [6.45, 7) is 6.05. The third kappa shape index (κ3) is 6.37. The number of nitrogens with one attached hydrogen (secondary N) is 1. The van der Waals surface area contributed by atoms with E-state index in [2.05, 4.69) is 15.5 Å². The van der Waals surface area contributed by atoms with Crippen molar-refractivity contribution in [3.8, 4) is 5.75 Å². The van der Waals surface area contributed by atoms with Gasteiger partial charge in [0.05, 0.1) is 25.3 Å². The van der Waals surface area contributed by atoms with Crippen LogP contribution in [0, 0.1) is 6.92 Å². The first-order valence-electron chi connectivity index (χ1n) is 9.34. The lowest BCUT2D eigenvalue weighted by atomic mass is 10.1.